The van der Waals surface area contributed by atoms with Gasteiger partial charge in [0.2, 0.25) is 0 Å². The van der Waals surface area contributed by atoms with Crippen LogP contribution in [0, 0.1) is 12.7 Å². The van der Waals surface area contributed by atoms with Crippen molar-refractivity contribution >= 4 is 11.0 Å². The molecular formula is C11H12FNO. The third-order valence-corrected chi connectivity index (χ3v) is 2.35. The molecule has 0 saturated heterocycles. The lowest BCUT2D eigenvalue weighted by atomic mass is 10.1. The van der Waals surface area contributed by atoms with Crippen molar-refractivity contribution in [3.05, 3.63) is 35.3 Å². The lowest BCUT2D eigenvalue weighted by molar-refractivity contribution is 0.509. The van der Waals surface area contributed by atoms with E-state index in [1.807, 2.05) is 13.8 Å². The minimum Gasteiger partial charge on any atom is -0.459 e. The maximum atomic E-state index is 13.0. The molecule has 1 atom stereocenters. The zero-order valence-electron chi connectivity index (χ0n) is 8.17. The van der Waals surface area contributed by atoms with Crippen LogP contribution in [-0.4, -0.2) is 0 Å². The zero-order chi connectivity index (χ0) is 10.3. The molecule has 0 amide bonds. The Labute approximate surface area is 81.5 Å². The van der Waals surface area contributed by atoms with Crippen LogP contribution in [0.3, 0.4) is 0 Å². The van der Waals surface area contributed by atoms with Crippen molar-refractivity contribution < 1.29 is 8.81 Å². The average Bonchev–Trinajstić information content (AvgIpc) is 2.44. The van der Waals surface area contributed by atoms with Gasteiger partial charge >= 0.3 is 0 Å². The Morgan fingerprint density at radius 1 is 1.43 bits per heavy atom. The van der Waals surface area contributed by atoms with Crippen LogP contribution in [0.15, 0.2) is 22.6 Å². The molecule has 2 N–H and O–H groups in total. The van der Waals surface area contributed by atoms with E-state index in [4.69, 9.17) is 10.2 Å². The number of nitrogens with two attached hydrogens (primary N) is 1. The maximum absolute atomic E-state index is 13.0. The summed E-state index contributed by atoms with van der Waals surface area (Å²) in [6, 6.07) is 4.32. The van der Waals surface area contributed by atoms with E-state index in [2.05, 4.69) is 0 Å². The summed E-state index contributed by atoms with van der Waals surface area (Å²) in [5.74, 6) is 0.475. The molecule has 0 aliphatic rings. The standard InChI is InChI=1S/C11H12FNO/c1-6-9-5-8(12)3-4-10(9)14-11(6)7(2)13/h3-5,7H,13H2,1-2H3. The molecule has 0 fully saturated rings. The molecule has 2 rings (SSSR count). The van der Waals surface area contributed by atoms with Crippen LogP contribution in [0.25, 0.3) is 11.0 Å². The summed E-state index contributed by atoms with van der Waals surface area (Å²) in [5, 5.41) is 0.803. The second-order valence-corrected chi connectivity index (χ2v) is 3.52. The number of fused-ring (bicyclic) bond motifs is 1. The lowest BCUT2D eigenvalue weighted by Gasteiger charge is -2.00. The first-order chi connectivity index (χ1) is 6.59. The van der Waals surface area contributed by atoms with E-state index in [-0.39, 0.29) is 11.9 Å². The number of benzene rings is 1. The van der Waals surface area contributed by atoms with Gasteiger partial charge in [-0.25, -0.2) is 4.39 Å². The molecule has 0 aliphatic carbocycles. The largest absolute Gasteiger partial charge is 0.459 e. The van der Waals surface area contributed by atoms with E-state index in [0.29, 0.717) is 5.58 Å². The topological polar surface area (TPSA) is 39.2 Å². The third-order valence-electron chi connectivity index (χ3n) is 2.35. The van der Waals surface area contributed by atoms with E-state index in [1.165, 1.54) is 12.1 Å². The minimum absolute atomic E-state index is 0.162. The predicted octanol–water partition coefficient (Wildman–Crippen LogP) is 2.90. The van der Waals surface area contributed by atoms with Gasteiger partial charge in [0, 0.05) is 10.9 Å². The van der Waals surface area contributed by atoms with Gasteiger partial charge in [-0.05, 0) is 32.0 Å². The molecule has 74 valence electrons. The van der Waals surface area contributed by atoms with Crippen molar-refractivity contribution in [3.8, 4) is 0 Å². The van der Waals surface area contributed by atoms with E-state index in [1.54, 1.807) is 6.07 Å². The Morgan fingerprint density at radius 3 is 2.79 bits per heavy atom. The second kappa shape index (κ2) is 3.10. The van der Waals surface area contributed by atoms with Crippen molar-refractivity contribution in [1.82, 2.24) is 0 Å². The van der Waals surface area contributed by atoms with Crippen LogP contribution in [0.4, 0.5) is 4.39 Å². The number of furan rings is 1. The molecule has 0 radical (unpaired) electrons. The first-order valence-corrected chi connectivity index (χ1v) is 4.53. The van der Waals surface area contributed by atoms with Gasteiger partial charge in [0.15, 0.2) is 0 Å². The fourth-order valence-electron chi connectivity index (χ4n) is 1.65. The van der Waals surface area contributed by atoms with Gasteiger partial charge in [-0.15, -0.1) is 0 Å². The molecule has 2 nitrogen and oxygen atoms in total. The molecular weight excluding hydrogens is 181 g/mol. The van der Waals surface area contributed by atoms with Gasteiger partial charge in [-0.3, -0.25) is 0 Å². The molecule has 14 heavy (non-hydrogen) atoms. The van der Waals surface area contributed by atoms with E-state index in [9.17, 15) is 4.39 Å². The summed E-state index contributed by atoms with van der Waals surface area (Å²) >= 11 is 0. The van der Waals surface area contributed by atoms with Gasteiger partial charge in [0.1, 0.15) is 17.2 Å². The Hall–Kier alpha value is -1.35. The Balaban J connectivity index is 2.74. The number of halogens is 1. The highest BCUT2D eigenvalue weighted by Gasteiger charge is 2.13. The summed E-state index contributed by atoms with van der Waals surface area (Å²) in [6.07, 6.45) is 0. The van der Waals surface area contributed by atoms with E-state index < -0.39 is 0 Å². The lowest BCUT2D eigenvalue weighted by Crippen LogP contribution is -2.04. The van der Waals surface area contributed by atoms with Gasteiger partial charge in [0.05, 0.1) is 6.04 Å². The highest BCUT2D eigenvalue weighted by molar-refractivity contribution is 5.82. The maximum Gasteiger partial charge on any atom is 0.134 e. The molecule has 0 bridgehead atoms. The van der Waals surface area contributed by atoms with E-state index in [0.717, 1.165) is 16.7 Å². The normalized spacial score (nSPS) is 13.4. The summed E-state index contributed by atoms with van der Waals surface area (Å²) in [5.41, 5.74) is 7.35. The highest BCUT2D eigenvalue weighted by Crippen LogP contribution is 2.28. The van der Waals surface area contributed by atoms with Crippen molar-refractivity contribution in [2.24, 2.45) is 5.73 Å². The Kier molecular flexibility index (Phi) is 2.04. The minimum atomic E-state index is -0.252. The van der Waals surface area contributed by atoms with Gasteiger partial charge in [-0.2, -0.15) is 0 Å². The number of rotatable bonds is 1. The van der Waals surface area contributed by atoms with E-state index >= 15 is 0 Å². The van der Waals surface area contributed by atoms with Crippen LogP contribution < -0.4 is 5.73 Å². The highest BCUT2D eigenvalue weighted by atomic mass is 19.1. The van der Waals surface area contributed by atoms with Gasteiger partial charge in [0.25, 0.3) is 0 Å². The second-order valence-electron chi connectivity index (χ2n) is 3.52. The Morgan fingerprint density at radius 2 is 2.14 bits per heavy atom. The monoisotopic (exact) mass is 193 g/mol. The van der Waals surface area contributed by atoms with Crippen LogP contribution in [0.5, 0.6) is 0 Å². The van der Waals surface area contributed by atoms with Crippen LogP contribution in [-0.2, 0) is 0 Å². The van der Waals surface area contributed by atoms with Crippen molar-refractivity contribution in [2.75, 3.05) is 0 Å². The van der Waals surface area contributed by atoms with Crippen molar-refractivity contribution in [1.29, 1.82) is 0 Å². The molecule has 1 heterocycles. The number of aryl methyl sites for hydroxylation is 1. The molecule has 0 aliphatic heterocycles. The van der Waals surface area contributed by atoms with Crippen LogP contribution >= 0.6 is 0 Å². The molecule has 1 aromatic heterocycles. The molecule has 0 spiro atoms. The van der Waals surface area contributed by atoms with Crippen molar-refractivity contribution in [3.63, 3.8) is 0 Å². The number of hydrogen-bond donors (Lipinski definition) is 1. The predicted molar refractivity (Wildman–Crippen MR) is 53.5 cm³/mol. The van der Waals surface area contributed by atoms with Crippen LogP contribution in [0.1, 0.15) is 24.3 Å². The number of hydrogen-bond acceptors (Lipinski definition) is 2. The fraction of sp³-hybridized carbons (Fsp3) is 0.273. The fourth-order valence-corrected chi connectivity index (χ4v) is 1.65. The zero-order valence-corrected chi connectivity index (χ0v) is 8.17. The quantitative estimate of drug-likeness (QED) is 0.756. The molecule has 2 aromatic rings. The summed E-state index contributed by atoms with van der Waals surface area (Å²) < 4.78 is 18.5. The van der Waals surface area contributed by atoms with Crippen LogP contribution in [0.2, 0.25) is 0 Å². The molecule has 0 saturated carbocycles. The Bertz CT molecular complexity index is 473. The molecule has 1 unspecified atom stereocenters. The molecule has 3 heteroatoms. The summed E-state index contributed by atoms with van der Waals surface area (Å²) in [7, 11) is 0. The van der Waals surface area contributed by atoms with Gasteiger partial charge < -0.3 is 10.2 Å². The molecule has 1 aromatic carbocycles. The van der Waals surface area contributed by atoms with Gasteiger partial charge in [-0.1, -0.05) is 0 Å². The first-order valence-electron chi connectivity index (χ1n) is 4.53. The first kappa shape index (κ1) is 9.21. The smallest absolute Gasteiger partial charge is 0.134 e. The summed E-state index contributed by atoms with van der Waals surface area (Å²) in [4.78, 5) is 0. The average molecular weight is 193 g/mol. The summed E-state index contributed by atoms with van der Waals surface area (Å²) in [6.45, 7) is 3.74. The third kappa shape index (κ3) is 1.30. The SMILES string of the molecule is Cc1c(C(C)N)oc2ccc(F)cc12. The van der Waals surface area contributed by atoms with Crippen molar-refractivity contribution in [2.45, 2.75) is 19.9 Å².